The highest BCUT2D eigenvalue weighted by atomic mass is 35.5. The lowest BCUT2D eigenvalue weighted by Gasteiger charge is -2.48. The summed E-state index contributed by atoms with van der Waals surface area (Å²) in [5.41, 5.74) is 1.34. The van der Waals surface area contributed by atoms with E-state index in [-0.39, 0.29) is 11.8 Å². The third-order valence-electron chi connectivity index (χ3n) is 7.29. The molecule has 1 N–H and O–H groups in total. The number of hydrogen-bond acceptors (Lipinski definition) is 5. The first-order valence-electron chi connectivity index (χ1n) is 12.7. The number of sulfonamides is 1. The van der Waals surface area contributed by atoms with Crippen LogP contribution in [0.2, 0.25) is 10.0 Å². The van der Waals surface area contributed by atoms with Crippen LogP contribution in [-0.4, -0.2) is 65.1 Å². The van der Waals surface area contributed by atoms with E-state index in [1.165, 1.54) is 9.21 Å². The topological polar surface area (TPSA) is 104 Å². The van der Waals surface area contributed by atoms with Crippen LogP contribution < -0.4 is 0 Å². The molecule has 2 fully saturated rings. The van der Waals surface area contributed by atoms with Crippen LogP contribution in [-0.2, 0) is 24.3 Å². The number of morpholine rings is 1. The van der Waals surface area contributed by atoms with Gasteiger partial charge in [0.25, 0.3) is 5.91 Å². The van der Waals surface area contributed by atoms with Gasteiger partial charge in [0.15, 0.2) is 0 Å². The van der Waals surface area contributed by atoms with Gasteiger partial charge in [-0.3, -0.25) is 9.59 Å². The Labute approximate surface area is 233 Å². The monoisotopic (exact) mass is 582 g/mol. The van der Waals surface area contributed by atoms with Crippen molar-refractivity contribution in [1.82, 2.24) is 9.21 Å². The van der Waals surface area contributed by atoms with E-state index in [0.717, 1.165) is 12.8 Å². The van der Waals surface area contributed by atoms with Gasteiger partial charge in [-0.05, 0) is 61.6 Å². The summed E-state index contributed by atoms with van der Waals surface area (Å²) in [5, 5.41) is 10.5. The number of aliphatic carboxylic acids is 1. The lowest BCUT2D eigenvalue weighted by molar-refractivity contribution is -0.182. The van der Waals surface area contributed by atoms with Crippen LogP contribution >= 0.6 is 23.2 Å². The van der Waals surface area contributed by atoms with Crippen molar-refractivity contribution in [2.75, 3.05) is 12.3 Å². The zero-order valence-corrected chi connectivity index (χ0v) is 23.6. The van der Waals surface area contributed by atoms with E-state index in [1.54, 1.807) is 48.5 Å². The van der Waals surface area contributed by atoms with Gasteiger partial charge in [-0.2, -0.15) is 4.31 Å². The van der Waals surface area contributed by atoms with Gasteiger partial charge in [0.05, 0.1) is 18.2 Å². The first-order valence-corrected chi connectivity index (χ1v) is 15.1. The summed E-state index contributed by atoms with van der Waals surface area (Å²) >= 11 is 12.4. The summed E-state index contributed by atoms with van der Waals surface area (Å²) in [5.74, 6) is -2.02. The second kappa shape index (κ2) is 11.9. The van der Waals surface area contributed by atoms with Crippen LogP contribution in [0.25, 0.3) is 0 Å². The van der Waals surface area contributed by atoms with Crippen molar-refractivity contribution < 1.29 is 27.9 Å². The molecular formula is C27H32Cl2N2O6S. The van der Waals surface area contributed by atoms with Gasteiger partial charge in [-0.25, -0.2) is 8.42 Å². The summed E-state index contributed by atoms with van der Waals surface area (Å²) in [6.07, 6.45) is -0.705. The van der Waals surface area contributed by atoms with Gasteiger partial charge in [0, 0.05) is 28.7 Å². The summed E-state index contributed by atoms with van der Waals surface area (Å²) in [4.78, 5) is 27.1. The van der Waals surface area contributed by atoms with Crippen LogP contribution in [0.15, 0.2) is 48.5 Å². The molecule has 2 aromatic rings. The van der Waals surface area contributed by atoms with Crippen molar-refractivity contribution >= 4 is 45.1 Å². The maximum Gasteiger partial charge on any atom is 0.306 e. The lowest BCUT2D eigenvalue weighted by Crippen LogP contribution is -2.57. The van der Waals surface area contributed by atoms with Crippen LogP contribution in [0.4, 0.5) is 0 Å². The van der Waals surface area contributed by atoms with Crippen LogP contribution in [0.5, 0.6) is 0 Å². The standard InChI is InChI=1S/C27H32Cl2N2O6S/c1-3-22(16-38(35,36)30-13-5-6-17(30)2)31-25(18-9-11-20(28)12-10-18)26(19-7-4-8-21(29)14-19)37-23(27(31)34)15-24(32)33/h4,7-12,14,17,22-23,25-26H,3,5-6,13,15-16H2,1-2H3,(H,32,33)/t17-,22-,23?,25?,26?/m0/s1. The van der Waals surface area contributed by atoms with E-state index in [2.05, 4.69) is 0 Å². The summed E-state index contributed by atoms with van der Waals surface area (Å²) < 4.78 is 34.8. The normalized spacial score (nSPS) is 25.5. The van der Waals surface area contributed by atoms with E-state index in [4.69, 9.17) is 27.9 Å². The molecule has 0 aliphatic carbocycles. The predicted molar refractivity (Wildman–Crippen MR) is 146 cm³/mol. The SMILES string of the molecule is CC[C@@H](CS(=O)(=O)N1CCC[C@@H]1C)N1C(=O)C(CC(=O)O)OC(c2cccc(Cl)c2)C1c1ccc(Cl)cc1. The summed E-state index contributed by atoms with van der Waals surface area (Å²) in [6, 6.07) is 12.4. The van der Waals surface area contributed by atoms with Gasteiger partial charge in [0.2, 0.25) is 10.0 Å². The fraction of sp³-hybridized carbons (Fsp3) is 0.481. The third kappa shape index (κ3) is 6.18. The molecule has 0 saturated carbocycles. The number of hydrogen-bond donors (Lipinski definition) is 1. The van der Waals surface area contributed by atoms with Crippen molar-refractivity contribution in [2.24, 2.45) is 0 Å². The maximum atomic E-state index is 13.9. The van der Waals surface area contributed by atoms with E-state index in [9.17, 15) is 23.1 Å². The highest BCUT2D eigenvalue weighted by Gasteiger charge is 2.48. The molecule has 11 heteroatoms. The number of benzene rings is 2. The number of carbonyl (C=O) groups excluding carboxylic acids is 1. The van der Waals surface area contributed by atoms with Crippen molar-refractivity contribution in [1.29, 1.82) is 0 Å². The van der Waals surface area contributed by atoms with Crippen LogP contribution in [0.1, 0.15) is 62.8 Å². The number of carboxylic acids is 1. The Kier molecular flexibility index (Phi) is 9.04. The first kappa shape index (κ1) is 28.8. The second-order valence-corrected chi connectivity index (χ2v) is 12.7. The molecule has 0 spiro atoms. The molecule has 2 saturated heterocycles. The van der Waals surface area contributed by atoms with Gasteiger partial charge in [-0.15, -0.1) is 0 Å². The van der Waals surface area contributed by atoms with Crippen molar-refractivity contribution in [2.45, 2.75) is 69.9 Å². The van der Waals surface area contributed by atoms with E-state index in [1.807, 2.05) is 13.8 Å². The molecule has 206 valence electrons. The van der Waals surface area contributed by atoms with Crippen molar-refractivity contribution in [3.05, 3.63) is 69.7 Å². The molecule has 2 aliphatic rings. The number of carbonyl (C=O) groups is 2. The zero-order chi connectivity index (χ0) is 27.6. The van der Waals surface area contributed by atoms with Gasteiger partial charge in [0.1, 0.15) is 12.2 Å². The largest absolute Gasteiger partial charge is 0.481 e. The molecule has 0 radical (unpaired) electrons. The van der Waals surface area contributed by atoms with Crippen LogP contribution in [0, 0.1) is 0 Å². The Morgan fingerprint density at radius 3 is 2.42 bits per heavy atom. The van der Waals surface area contributed by atoms with E-state index in [0.29, 0.717) is 34.1 Å². The maximum absolute atomic E-state index is 13.9. The van der Waals surface area contributed by atoms with Crippen molar-refractivity contribution in [3.63, 3.8) is 0 Å². The highest BCUT2D eigenvalue weighted by Crippen LogP contribution is 2.45. The molecular weight excluding hydrogens is 551 g/mol. The van der Waals surface area contributed by atoms with Crippen LogP contribution in [0.3, 0.4) is 0 Å². The Hall–Kier alpha value is -2.17. The molecule has 8 nitrogen and oxygen atoms in total. The van der Waals surface area contributed by atoms with E-state index < -0.39 is 52.6 Å². The molecule has 1 amide bonds. The lowest BCUT2D eigenvalue weighted by atomic mass is 9.89. The Balaban J connectivity index is 1.83. The molecule has 0 aromatic heterocycles. The minimum Gasteiger partial charge on any atom is -0.481 e. The fourth-order valence-electron chi connectivity index (χ4n) is 5.45. The molecule has 5 atom stereocenters. The third-order valence-corrected chi connectivity index (χ3v) is 9.84. The molecule has 3 unspecified atom stereocenters. The minimum absolute atomic E-state index is 0.107. The summed E-state index contributed by atoms with van der Waals surface area (Å²) in [7, 11) is -3.69. The number of nitrogens with zero attached hydrogens (tertiary/aromatic N) is 2. The number of ether oxygens (including phenoxy) is 1. The quantitative estimate of drug-likeness (QED) is 0.442. The fourth-order valence-corrected chi connectivity index (χ4v) is 7.91. The summed E-state index contributed by atoms with van der Waals surface area (Å²) in [6.45, 7) is 4.17. The van der Waals surface area contributed by atoms with Gasteiger partial charge >= 0.3 is 5.97 Å². The molecule has 2 aromatic carbocycles. The number of carboxylic acid groups (broad SMARTS) is 1. The Morgan fingerprint density at radius 1 is 1.13 bits per heavy atom. The second-order valence-electron chi connectivity index (χ2n) is 9.88. The minimum atomic E-state index is -3.69. The molecule has 4 rings (SSSR count). The van der Waals surface area contributed by atoms with Gasteiger partial charge in [-0.1, -0.05) is 54.4 Å². The molecule has 0 bridgehead atoms. The molecule has 2 heterocycles. The molecule has 2 aliphatic heterocycles. The van der Waals surface area contributed by atoms with E-state index >= 15 is 0 Å². The smallest absolute Gasteiger partial charge is 0.306 e. The Bertz CT molecular complexity index is 1270. The number of rotatable bonds is 9. The number of halogens is 2. The average Bonchev–Trinajstić information content (AvgIpc) is 3.31. The first-order chi connectivity index (χ1) is 18.0. The Morgan fingerprint density at radius 2 is 1.84 bits per heavy atom. The number of amides is 1. The highest BCUT2D eigenvalue weighted by molar-refractivity contribution is 7.89. The predicted octanol–water partition coefficient (Wildman–Crippen LogP) is 5.07. The van der Waals surface area contributed by atoms with Gasteiger partial charge < -0.3 is 14.7 Å². The van der Waals surface area contributed by atoms with Crippen molar-refractivity contribution in [3.8, 4) is 0 Å². The zero-order valence-electron chi connectivity index (χ0n) is 21.3. The average molecular weight is 584 g/mol. The molecule has 38 heavy (non-hydrogen) atoms.